The molecule has 1 atom stereocenters. The Hall–Kier alpha value is -0.820. The molecule has 0 bridgehead atoms. The average Bonchev–Trinajstić information content (AvgIpc) is 2.39. The third-order valence-electron chi connectivity index (χ3n) is 4.81. The first kappa shape index (κ1) is 15.6. The molecule has 0 spiro atoms. The van der Waals surface area contributed by atoms with E-state index in [0.717, 1.165) is 6.04 Å². The Morgan fingerprint density at radius 2 is 1.95 bits per heavy atom. The van der Waals surface area contributed by atoms with Gasteiger partial charge in [-0.3, -0.25) is 0 Å². The molecule has 0 aromatic heterocycles. The number of rotatable bonds is 5. The number of hydrogen-bond donors (Lipinski definition) is 1. The molecule has 0 aliphatic heterocycles. The van der Waals surface area contributed by atoms with Crippen LogP contribution in [0.25, 0.3) is 0 Å². The summed E-state index contributed by atoms with van der Waals surface area (Å²) < 4.78 is 0. The highest BCUT2D eigenvalue weighted by Gasteiger charge is 2.27. The Morgan fingerprint density at radius 1 is 1.25 bits per heavy atom. The van der Waals surface area contributed by atoms with Gasteiger partial charge in [-0.05, 0) is 63.4 Å². The lowest BCUT2D eigenvalue weighted by atomic mass is 9.75. The quantitative estimate of drug-likeness (QED) is 0.806. The lowest BCUT2D eigenvalue weighted by Crippen LogP contribution is -2.40. The van der Waals surface area contributed by atoms with Gasteiger partial charge in [0.15, 0.2) is 0 Å². The normalized spacial score (nSPS) is 20.8. The first-order valence-electron chi connectivity index (χ1n) is 8.26. The van der Waals surface area contributed by atoms with Gasteiger partial charge < -0.3 is 5.32 Å². The van der Waals surface area contributed by atoms with E-state index in [4.69, 9.17) is 0 Å². The van der Waals surface area contributed by atoms with E-state index in [0.29, 0.717) is 11.5 Å². The summed E-state index contributed by atoms with van der Waals surface area (Å²) in [5.41, 5.74) is 3.42. The van der Waals surface area contributed by atoms with Crippen molar-refractivity contribution in [3.63, 3.8) is 0 Å². The maximum atomic E-state index is 3.84. The minimum absolute atomic E-state index is 0.572. The van der Waals surface area contributed by atoms with Crippen molar-refractivity contribution >= 4 is 0 Å². The third-order valence-corrected chi connectivity index (χ3v) is 4.81. The molecule has 1 aromatic carbocycles. The molecule has 0 amide bonds. The first-order valence-corrected chi connectivity index (χ1v) is 8.26. The number of aryl methyl sites for hydroxylation is 2. The number of benzene rings is 1. The molecule has 1 aliphatic carbocycles. The molecule has 1 aliphatic rings. The van der Waals surface area contributed by atoms with Gasteiger partial charge in [0.05, 0.1) is 0 Å². The molecule has 1 aromatic rings. The second-order valence-electron chi connectivity index (χ2n) is 7.53. The predicted molar refractivity (Wildman–Crippen MR) is 88.1 cm³/mol. The van der Waals surface area contributed by atoms with Crippen molar-refractivity contribution in [2.45, 2.75) is 78.3 Å². The highest BCUT2D eigenvalue weighted by molar-refractivity contribution is 5.22. The zero-order valence-corrected chi connectivity index (χ0v) is 13.7. The molecule has 112 valence electrons. The summed E-state index contributed by atoms with van der Waals surface area (Å²) in [6.45, 7) is 9.33. The fraction of sp³-hybridized carbons (Fsp3) is 0.684. The van der Waals surface area contributed by atoms with E-state index in [1.165, 1.54) is 49.7 Å². The first-order chi connectivity index (χ1) is 9.44. The molecule has 1 heteroatoms. The Bertz CT molecular complexity index is 412. The molecule has 2 rings (SSSR count). The molecule has 20 heavy (non-hydrogen) atoms. The van der Waals surface area contributed by atoms with Crippen LogP contribution in [0.3, 0.4) is 0 Å². The maximum absolute atomic E-state index is 3.84. The van der Waals surface area contributed by atoms with Crippen molar-refractivity contribution in [2.75, 3.05) is 0 Å². The Kier molecular flexibility index (Phi) is 5.26. The van der Waals surface area contributed by atoms with Crippen LogP contribution in [0.1, 0.15) is 64.0 Å². The minimum Gasteiger partial charge on any atom is -0.311 e. The van der Waals surface area contributed by atoms with Gasteiger partial charge in [0, 0.05) is 12.1 Å². The van der Waals surface area contributed by atoms with Gasteiger partial charge in [-0.25, -0.2) is 0 Å². The number of hydrogen-bond acceptors (Lipinski definition) is 1. The smallest absolute Gasteiger partial charge is 0.00699 e. The molecular weight excluding hydrogens is 242 g/mol. The molecule has 0 radical (unpaired) electrons. The lowest BCUT2D eigenvalue weighted by Gasteiger charge is -2.36. The van der Waals surface area contributed by atoms with Crippen LogP contribution in [-0.4, -0.2) is 12.1 Å². The van der Waals surface area contributed by atoms with E-state index in [2.05, 4.69) is 57.3 Å². The lowest BCUT2D eigenvalue weighted by molar-refractivity contribution is 0.198. The van der Waals surface area contributed by atoms with Gasteiger partial charge in [0.25, 0.3) is 0 Å². The van der Waals surface area contributed by atoms with Gasteiger partial charge in [-0.1, -0.05) is 43.7 Å². The van der Waals surface area contributed by atoms with Crippen LogP contribution in [0, 0.1) is 12.3 Å². The van der Waals surface area contributed by atoms with Crippen LogP contribution in [0.4, 0.5) is 0 Å². The highest BCUT2D eigenvalue weighted by Crippen LogP contribution is 2.35. The van der Waals surface area contributed by atoms with Crippen LogP contribution in [0.2, 0.25) is 0 Å². The molecule has 1 nitrogen and oxygen atoms in total. The van der Waals surface area contributed by atoms with Gasteiger partial charge in [-0.15, -0.1) is 0 Å². The van der Waals surface area contributed by atoms with E-state index in [-0.39, 0.29) is 0 Å². The summed E-state index contributed by atoms with van der Waals surface area (Å²) >= 11 is 0. The van der Waals surface area contributed by atoms with Gasteiger partial charge >= 0.3 is 0 Å². The molecule has 0 heterocycles. The number of nitrogens with one attached hydrogen (secondary N) is 1. The molecule has 1 unspecified atom stereocenters. The summed E-state index contributed by atoms with van der Waals surface area (Å²) in [5, 5.41) is 3.84. The van der Waals surface area contributed by atoms with E-state index >= 15 is 0 Å². The van der Waals surface area contributed by atoms with Crippen LogP contribution in [0.5, 0.6) is 0 Å². The molecular formula is C19H31N. The van der Waals surface area contributed by atoms with Crippen molar-refractivity contribution in [1.82, 2.24) is 5.32 Å². The minimum atomic E-state index is 0.572. The summed E-state index contributed by atoms with van der Waals surface area (Å²) in [7, 11) is 0. The van der Waals surface area contributed by atoms with Crippen LogP contribution in [-0.2, 0) is 6.42 Å². The van der Waals surface area contributed by atoms with Crippen molar-refractivity contribution < 1.29 is 0 Å². The molecule has 1 saturated carbocycles. The second-order valence-corrected chi connectivity index (χ2v) is 7.53. The summed E-state index contributed by atoms with van der Waals surface area (Å²) in [6, 6.07) is 10.3. The fourth-order valence-corrected chi connectivity index (χ4v) is 3.30. The topological polar surface area (TPSA) is 12.0 Å². The van der Waals surface area contributed by atoms with E-state index in [1.54, 1.807) is 0 Å². The Labute approximate surface area is 125 Å². The molecule has 0 saturated heterocycles. The van der Waals surface area contributed by atoms with E-state index in [9.17, 15) is 0 Å². The Balaban J connectivity index is 1.72. The zero-order valence-electron chi connectivity index (χ0n) is 13.7. The van der Waals surface area contributed by atoms with Crippen LogP contribution >= 0.6 is 0 Å². The summed E-state index contributed by atoms with van der Waals surface area (Å²) in [5.74, 6) is 0. The van der Waals surface area contributed by atoms with E-state index in [1.807, 2.05) is 0 Å². The summed E-state index contributed by atoms with van der Waals surface area (Å²) in [4.78, 5) is 0. The average molecular weight is 273 g/mol. The monoisotopic (exact) mass is 273 g/mol. The van der Waals surface area contributed by atoms with Crippen molar-refractivity contribution in [1.29, 1.82) is 0 Å². The van der Waals surface area contributed by atoms with Gasteiger partial charge in [0.1, 0.15) is 0 Å². The van der Waals surface area contributed by atoms with Crippen molar-refractivity contribution in [3.8, 4) is 0 Å². The highest BCUT2D eigenvalue weighted by atomic mass is 14.9. The standard InChI is InChI=1S/C19H31N/c1-15-6-5-7-17(14-15)9-8-16(2)20-18-10-12-19(3,4)13-11-18/h5-7,14,16,18,20H,8-13H2,1-4H3. The van der Waals surface area contributed by atoms with Crippen LogP contribution < -0.4 is 5.32 Å². The largest absolute Gasteiger partial charge is 0.311 e. The molecule has 1 N–H and O–H groups in total. The van der Waals surface area contributed by atoms with Crippen LogP contribution in [0.15, 0.2) is 24.3 Å². The maximum Gasteiger partial charge on any atom is 0.00699 e. The summed E-state index contributed by atoms with van der Waals surface area (Å²) in [6.07, 6.45) is 7.87. The van der Waals surface area contributed by atoms with Gasteiger partial charge in [-0.2, -0.15) is 0 Å². The fourth-order valence-electron chi connectivity index (χ4n) is 3.30. The van der Waals surface area contributed by atoms with Gasteiger partial charge in [0.2, 0.25) is 0 Å². The second kappa shape index (κ2) is 6.76. The van der Waals surface area contributed by atoms with E-state index < -0.39 is 0 Å². The third kappa shape index (κ3) is 4.94. The SMILES string of the molecule is Cc1cccc(CCC(C)NC2CCC(C)(C)CC2)c1. The predicted octanol–water partition coefficient (Wildman–Crippen LogP) is 4.87. The van der Waals surface area contributed by atoms with Crippen molar-refractivity contribution in [2.24, 2.45) is 5.41 Å². The Morgan fingerprint density at radius 3 is 2.60 bits per heavy atom. The molecule has 1 fully saturated rings. The van der Waals surface area contributed by atoms with Crippen molar-refractivity contribution in [3.05, 3.63) is 35.4 Å². The zero-order chi connectivity index (χ0) is 14.6.